The van der Waals surface area contributed by atoms with Crippen LogP contribution in [-0.2, 0) is 4.79 Å². The van der Waals surface area contributed by atoms with E-state index in [0.29, 0.717) is 29.2 Å². The number of hydrogen-bond donors (Lipinski definition) is 2. The molecule has 3 rings (SSSR count). The van der Waals surface area contributed by atoms with E-state index in [1.807, 2.05) is 0 Å². The van der Waals surface area contributed by atoms with Gasteiger partial charge in [-0.2, -0.15) is 13.2 Å². The van der Waals surface area contributed by atoms with E-state index in [1.54, 1.807) is 24.3 Å². The number of carbonyl (C=O) groups excluding carboxylic acids is 2. The maximum Gasteiger partial charge on any atom is 0.426 e. The normalized spacial score (nSPS) is 15.5. The van der Waals surface area contributed by atoms with Crippen LogP contribution in [0.25, 0.3) is 11.1 Å². The molecule has 124 valence electrons. The van der Waals surface area contributed by atoms with Gasteiger partial charge in [-0.15, -0.1) is 0 Å². The maximum atomic E-state index is 12.8. The molecule has 0 saturated heterocycles. The van der Waals surface area contributed by atoms with Gasteiger partial charge in [0, 0.05) is 22.4 Å². The van der Waals surface area contributed by atoms with Gasteiger partial charge in [-0.3, -0.25) is 9.59 Å². The molecule has 0 radical (unpaired) electrons. The fourth-order valence-corrected chi connectivity index (χ4v) is 2.55. The maximum absolute atomic E-state index is 12.8. The highest BCUT2D eigenvalue weighted by Gasteiger charge is 2.56. The summed E-state index contributed by atoms with van der Waals surface area (Å²) >= 11 is 0. The van der Waals surface area contributed by atoms with Crippen molar-refractivity contribution in [3.63, 3.8) is 0 Å². The number of hydrogen-bond acceptors (Lipinski definition) is 3. The molecular formula is C17H12F3NO3. The van der Waals surface area contributed by atoms with E-state index in [0.717, 1.165) is 0 Å². The number of anilines is 1. The molecule has 0 bridgehead atoms. The van der Waals surface area contributed by atoms with E-state index in [-0.39, 0.29) is 11.5 Å². The molecule has 24 heavy (non-hydrogen) atoms. The minimum atomic E-state index is -5.12. The van der Waals surface area contributed by atoms with E-state index in [1.165, 1.54) is 18.2 Å². The van der Waals surface area contributed by atoms with Gasteiger partial charge in [0.2, 0.25) is 5.60 Å². The number of ketones is 1. The minimum absolute atomic E-state index is 0.0420. The molecule has 0 saturated carbocycles. The van der Waals surface area contributed by atoms with E-state index in [4.69, 9.17) is 0 Å². The molecule has 0 aromatic heterocycles. The monoisotopic (exact) mass is 335 g/mol. The summed E-state index contributed by atoms with van der Waals surface area (Å²) in [5.41, 5.74) is -1.92. The molecule has 7 heteroatoms. The Morgan fingerprint density at radius 1 is 1.00 bits per heavy atom. The fraction of sp³-hybridized carbons (Fsp3) is 0.176. The molecule has 2 aromatic rings. The highest BCUT2D eigenvalue weighted by molar-refractivity contribution is 6.24. The fourth-order valence-electron chi connectivity index (χ4n) is 2.55. The van der Waals surface area contributed by atoms with Crippen LogP contribution in [0.2, 0.25) is 0 Å². The molecule has 0 fully saturated rings. The predicted molar refractivity (Wildman–Crippen MR) is 80.6 cm³/mol. The van der Waals surface area contributed by atoms with Crippen molar-refractivity contribution in [3.8, 4) is 11.1 Å². The van der Waals surface area contributed by atoms with Crippen LogP contribution >= 0.6 is 0 Å². The van der Waals surface area contributed by atoms with Crippen LogP contribution in [-0.4, -0.2) is 28.6 Å². The summed E-state index contributed by atoms with van der Waals surface area (Å²) in [6, 6.07) is 11.0. The highest BCUT2D eigenvalue weighted by atomic mass is 19.4. The van der Waals surface area contributed by atoms with Crippen LogP contribution in [0.1, 0.15) is 22.8 Å². The first-order chi connectivity index (χ1) is 11.1. The number of carbonyl (C=O) groups is 2. The minimum Gasteiger partial charge on any atom is -0.373 e. The molecule has 4 nitrogen and oxygen atoms in total. The van der Waals surface area contributed by atoms with Crippen molar-refractivity contribution in [1.29, 1.82) is 0 Å². The van der Waals surface area contributed by atoms with E-state index in [9.17, 15) is 27.9 Å². The molecule has 0 spiro atoms. The number of nitrogens with one attached hydrogen (secondary N) is 1. The van der Waals surface area contributed by atoms with E-state index >= 15 is 0 Å². The molecule has 1 unspecified atom stereocenters. The second-order valence-electron chi connectivity index (χ2n) is 5.63. The summed E-state index contributed by atoms with van der Waals surface area (Å²) in [5.74, 6) is -1.88. The van der Waals surface area contributed by atoms with Crippen LogP contribution in [0, 0.1) is 0 Å². The number of halogens is 3. The summed E-state index contributed by atoms with van der Waals surface area (Å²) in [4.78, 5) is 24.2. The lowest BCUT2D eigenvalue weighted by Gasteiger charge is -2.25. The summed E-state index contributed by atoms with van der Waals surface area (Å²) in [7, 11) is 0. The zero-order valence-electron chi connectivity index (χ0n) is 12.4. The second kappa shape index (κ2) is 5.17. The molecule has 0 aliphatic heterocycles. The molecular weight excluding hydrogens is 323 g/mol. The van der Waals surface area contributed by atoms with Crippen LogP contribution in [0.3, 0.4) is 0 Å². The topological polar surface area (TPSA) is 66.4 Å². The lowest BCUT2D eigenvalue weighted by Crippen LogP contribution is -2.52. The number of alkyl halides is 3. The largest absolute Gasteiger partial charge is 0.426 e. The summed E-state index contributed by atoms with van der Waals surface area (Å²) < 4.78 is 38.4. The van der Waals surface area contributed by atoms with Crippen molar-refractivity contribution < 1.29 is 27.9 Å². The van der Waals surface area contributed by atoms with Crippen LogP contribution in [0.15, 0.2) is 42.5 Å². The Kier molecular flexibility index (Phi) is 3.49. The van der Waals surface area contributed by atoms with Gasteiger partial charge in [0.1, 0.15) is 0 Å². The average Bonchev–Trinajstić information content (AvgIpc) is 2.81. The number of benzene rings is 2. The number of amides is 1. The van der Waals surface area contributed by atoms with Crippen molar-refractivity contribution in [3.05, 3.63) is 53.6 Å². The zero-order chi connectivity index (χ0) is 17.7. The third kappa shape index (κ3) is 2.28. The third-order valence-electron chi connectivity index (χ3n) is 3.99. The summed E-state index contributed by atoms with van der Waals surface area (Å²) in [6.45, 7) is 0.380. The Labute approximate surface area is 134 Å². The van der Waals surface area contributed by atoms with Gasteiger partial charge in [0.05, 0.1) is 0 Å². The first-order valence-corrected chi connectivity index (χ1v) is 7.02. The molecule has 2 N–H and O–H groups in total. The molecule has 1 atom stereocenters. The second-order valence-corrected chi connectivity index (χ2v) is 5.63. The number of aliphatic hydroxyl groups is 1. The smallest absolute Gasteiger partial charge is 0.373 e. The average molecular weight is 335 g/mol. The first-order valence-electron chi connectivity index (χ1n) is 7.02. The standard InChI is InChI=1S/C17H12F3NO3/c1-16(24,17(18,19)20)15(23)21-12-8-4-7-11-13(12)9-5-2-3-6-10(9)14(11)22/h2-8,24H,1H3,(H,21,23). The van der Waals surface area contributed by atoms with Gasteiger partial charge in [0.15, 0.2) is 5.78 Å². The molecule has 2 aromatic carbocycles. The van der Waals surface area contributed by atoms with E-state index in [2.05, 4.69) is 5.32 Å². The quantitative estimate of drug-likeness (QED) is 0.756. The third-order valence-corrected chi connectivity index (χ3v) is 3.99. The van der Waals surface area contributed by atoms with Crippen LogP contribution in [0.5, 0.6) is 0 Å². The summed E-state index contributed by atoms with van der Waals surface area (Å²) in [5, 5.41) is 11.6. The van der Waals surface area contributed by atoms with Gasteiger partial charge >= 0.3 is 6.18 Å². The van der Waals surface area contributed by atoms with Crippen LogP contribution in [0.4, 0.5) is 18.9 Å². The first kappa shape index (κ1) is 16.2. The molecule has 1 aliphatic rings. The van der Waals surface area contributed by atoms with Crippen molar-refractivity contribution >= 4 is 17.4 Å². The Morgan fingerprint density at radius 2 is 1.58 bits per heavy atom. The van der Waals surface area contributed by atoms with Crippen LogP contribution < -0.4 is 5.32 Å². The summed E-state index contributed by atoms with van der Waals surface area (Å²) in [6.07, 6.45) is -5.12. The van der Waals surface area contributed by atoms with Crippen molar-refractivity contribution in [2.45, 2.75) is 18.7 Å². The zero-order valence-corrected chi connectivity index (χ0v) is 12.4. The molecule has 0 heterocycles. The van der Waals surface area contributed by atoms with Crippen molar-refractivity contribution in [2.75, 3.05) is 5.32 Å². The highest BCUT2D eigenvalue weighted by Crippen LogP contribution is 2.41. The predicted octanol–water partition coefficient (Wildman–Crippen LogP) is 3.15. The van der Waals surface area contributed by atoms with Gasteiger partial charge in [0.25, 0.3) is 5.91 Å². The molecule has 1 amide bonds. The Hall–Kier alpha value is -2.67. The van der Waals surface area contributed by atoms with Gasteiger partial charge < -0.3 is 10.4 Å². The van der Waals surface area contributed by atoms with Gasteiger partial charge in [-0.25, -0.2) is 0 Å². The van der Waals surface area contributed by atoms with Crippen molar-refractivity contribution in [2.24, 2.45) is 0 Å². The van der Waals surface area contributed by atoms with Gasteiger partial charge in [-0.05, 0) is 18.6 Å². The number of fused-ring (bicyclic) bond motifs is 3. The molecule has 1 aliphatic carbocycles. The lowest BCUT2D eigenvalue weighted by molar-refractivity contribution is -0.242. The Morgan fingerprint density at radius 3 is 2.21 bits per heavy atom. The lowest BCUT2D eigenvalue weighted by atomic mass is 10.0. The SMILES string of the molecule is CC(O)(C(=O)Nc1cccc2c1-c1ccccc1C2=O)C(F)(F)F. The van der Waals surface area contributed by atoms with Crippen molar-refractivity contribution in [1.82, 2.24) is 0 Å². The van der Waals surface area contributed by atoms with E-state index < -0.39 is 17.7 Å². The Bertz CT molecular complexity index is 856. The number of rotatable bonds is 2. The van der Waals surface area contributed by atoms with Gasteiger partial charge in [-0.1, -0.05) is 36.4 Å². The Balaban J connectivity index is 2.06.